The first kappa shape index (κ1) is 18.5. The van der Waals surface area contributed by atoms with E-state index in [-0.39, 0.29) is 12.5 Å². The largest absolute Gasteiger partial charge is 0.484 e. The maximum absolute atomic E-state index is 12.1. The maximum Gasteiger partial charge on any atom is 0.257 e. The van der Waals surface area contributed by atoms with Crippen molar-refractivity contribution in [2.75, 3.05) is 19.7 Å². The highest BCUT2D eigenvalue weighted by molar-refractivity contribution is 5.77. The fourth-order valence-corrected chi connectivity index (χ4v) is 3.43. The molecule has 1 heterocycles. The van der Waals surface area contributed by atoms with Crippen molar-refractivity contribution in [3.05, 3.63) is 65.2 Å². The molecule has 1 atom stereocenters. The molecule has 138 valence electrons. The van der Waals surface area contributed by atoms with Crippen LogP contribution in [0, 0.1) is 6.92 Å². The van der Waals surface area contributed by atoms with Crippen molar-refractivity contribution in [2.24, 2.45) is 0 Å². The molecule has 0 saturated heterocycles. The maximum atomic E-state index is 12.1. The zero-order chi connectivity index (χ0) is 18.4. The average Bonchev–Trinajstić information content (AvgIpc) is 2.68. The summed E-state index contributed by atoms with van der Waals surface area (Å²) < 4.78 is 5.56. The van der Waals surface area contributed by atoms with Crippen molar-refractivity contribution in [3.63, 3.8) is 0 Å². The summed E-state index contributed by atoms with van der Waals surface area (Å²) >= 11 is 0. The normalized spacial score (nSPS) is 15.2. The Labute approximate surface area is 156 Å². The molecule has 0 spiro atoms. The van der Waals surface area contributed by atoms with Crippen LogP contribution in [0.1, 0.15) is 30.0 Å². The van der Waals surface area contributed by atoms with Gasteiger partial charge >= 0.3 is 0 Å². The van der Waals surface area contributed by atoms with Gasteiger partial charge in [0.1, 0.15) is 5.75 Å². The van der Waals surface area contributed by atoms with Crippen molar-refractivity contribution in [3.8, 4) is 5.75 Å². The summed E-state index contributed by atoms with van der Waals surface area (Å²) in [5, 5.41) is 3.03. The summed E-state index contributed by atoms with van der Waals surface area (Å²) in [5.74, 6) is 0.659. The van der Waals surface area contributed by atoms with Crippen LogP contribution in [0.15, 0.2) is 48.5 Å². The van der Waals surface area contributed by atoms with Gasteiger partial charge in [0.25, 0.3) is 5.91 Å². The molecular weight excluding hydrogens is 324 g/mol. The Kier molecular flexibility index (Phi) is 6.29. The van der Waals surface area contributed by atoms with Gasteiger partial charge in [-0.05, 0) is 43.0 Å². The summed E-state index contributed by atoms with van der Waals surface area (Å²) in [5.41, 5.74) is 4.04. The Morgan fingerprint density at radius 3 is 2.62 bits per heavy atom. The number of hydrogen-bond acceptors (Lipinski definition) is 3. The molecule has 4 heteroatoms. The third kappa shape index (κ3) is 4.85. The second-order valence-corrected chi connectivity index (χ2v) is 6.96. The number of amides is 1. The second-order valence-electron chi connectivity index (χ2n) is 6.96. The summed E-state index contributed by atoms with van der Waals surface area (Å²) in [6, 6.07) is 16.7. The number of fused-ring (bicyclic) bond motifs is 1. The molecule has 3 rings (SSSR count). The van der Waals surface area contributed by atoms with Crippen LogP contribution in [0.4, 0.5) is 0 Å². The van der Waals surface area contributed by atoms with Gasteiger partial charge in [0.2, 0.25) is 0 Å². The highest BCUT2D eigenvalue weighted by Crippen LogP contribution is 2.21. The lowest BCUT2D eigenvalue weighted by atomic mass is 9.98. The Balaban J connectivity index is 1.46. The van der Waals surface area contributed by atoms with E-state index in [0.717, 1.165) is 31.7 Å². The molecule has 1 unspecified atom stereocenters. The number of aryl methyl sites for hydroxylation is 1. The first-order valence-corrected chi connectivity index (χ1v) is 9.42. The van der Waals surface area contributed by atoms with Crippen LogP contribution in [0.3, 0.4) is 0 Å². The molecule has 1 aliphatic heterocycles. The monoisotopic (exact) mass is 352 g/mol. The Bertz CT molecular complexity index is 727. The van der Waals surface area contributed by atoms with E-state index in [0.29, 0.717) is 12.6 Å². The van der Waals surface area contributed by atoms with E-state index in [9.17, 15) is 4.79 Å². The average molecular weight is 352 g/mol. The number of benzene rings is 2. The van der Waals surface area contributed by atoms with Crippen molar-refractivity contribution in [1.82, 2.24) is 10.2 Å². The van der Waals surface area contributed by atoms with Gasteiger partial charge in [-0.1, -0.05) is 48.9 Å². The molecule has 0 aliphatic carbocycles. The number of ether oxygens (including phenoxy) is 1. The zero-order valence-electron chi connectivity index (χ0n) is 15.7. The molecule has 2 aromatic carbocycles. The number of carbonyl (C=O) groups is 1. The number of hydrogen-bond donors (Lipinski definition) is 1. The number of nitrogens with zero attached hydrogens (tertiary/aromatic N) is 1. The van der Waals surface area contributed by atoms with E-state index in [1.807, 2.05) is 31.2 Å². The SMILES string of the molecule is CCC(CNC(=O)COc1ccc(C)cc1)N1CCc2ccccc2C1. The molecule has 0 bridgehead atoms. The number of rotatable bonds is 7. The van der Waals surface area contributed by atoms with Crippen LogP contribution >= 0.6 is 0 Å². The topological polar surface area (TPSA) is 41.6 Å². The van der Waals surface area contributed by atoms with Crippen LogP contribution < -0.4 is 10.1 Å². The van der Waals surface area contributed by atoms with Crippen molar-refractivity contribution in [1.29, 1.82) is 0 Å². The van der Waals surface area contributed by atoms with Gasteiger partial charge in [-0.15, -0.1) is 0 Å². The first-order valence-electron chi connectivity index (χ1n) is 9.42. The van der Waals surface area contributed by atoms with Gasteiger partial charge in [0, 0.05) is 25.7 Å². The van der Waals surface area contributed by atoms with Gasteiger partial charge in [-0.3, -0.25) is 9.69 Å². The number of nitrogens with one attached hydrogen (secondary N) is 1. The predicted molar refractivity (Wildman–Crippen MR) is 104 cm³/mol. The van der Waals surface area contributed by atoms with Crippen LogP contribution in [0.2, 0.25) is 0 Å². The number of carbonyl (C=O) groups excluding carboxylic acids is 1. The Hall–Kier alpha value is -2.33. The van der Waals surface area contributed by atoms with Crippen LogP contribution in [-0.2, 0) is 17.8 Å². The Morgan fingerprint density at radius 1 is 1.15 bits per heavy atom. The van der Waals surface area contributed by atoms with E-state index in [4.69, 9.17) is 4.74 Å². The zero-order valence-corrected chi connectivity index (χ0v) is 15.7. The second kappa shape index (κ2) is 8.86. The van der Waals surface area contributed by atoms with Gasteiger partial charge in [-0.2, -0.15) is 0 Å². The minimum atomic E-state index is -0.0681. The summed E-state index contributed by atoms with van der Waals surface area (Å²) in [6.07, 6.45) is 2.10. The summed E-state index contributed by atoms with van der Waals surface area (Å²) in [4.78, 5) is 14.6. The van der Waals surface area contributed by atoms with Crippen LogP contribution in [0.5, 0.6) is 5.75 Å². The molecule has 0 radical (unpaired) electrons. The molecule has 1 aliphatic rings. The van der Waals surface area contributed by atoms with Gasteiger partial charge < -0.3 is 10.1 Å². The molecular formula is C22H28N2O2. The van der Waals surface area contributed by atoms with Crippen LogP contribution in [-0.4, -0.2) is 36.5 Å². The third-order valence-electron chi connectivity index (χ3n) is 5.07. The highest BCUT2D eigenvalue weighted by Gasteiger charge is 2.22. The molecule has 0 fully saturated rings. The molecule has 0 saturated carbocycles. The first-order chi connectivity index (χ1) is 12.7. The van der Waals surface area contributed by atoms with Gasteiger partial charge in [0.15, 0.2) is 6.61 Å². The van der Waals surface area contributed by atoms with E-state index < -0.39 is 0 Å². The lowest BCUT2D eigenvalue weighted by Crippen LogP contribution is -2.46. The minimum absolute atomic E-state index is 0.0579. The van der Waals surface area contributed by atoms with E-state index in [2.05, 4.69) is 41.4 Å². The summed E-state index contributed by atoms with van der Waals surface area (Å²) in [7, 11) is 0. The summed E-state index contributed by atoms with van der Waals surface area (Å²) in [6.45, 7) is 6.94. The standard InChI is InChI=1S/C22H28N2O2/c1-3-20(24-13-12-18-6-4-5-7-19(18)15-24)14-23-22(25)16-26-21-10-8-17(2)9-11-21/h4-11,20H,3,12-16H2,1-2H3,(H,23,25). The van der Waals surface area contributed by atoms with Crippen LogP contribution in [0.25, 0.3) is 0 Å². The van der Waals surface area contributed by atoms with E-state index in [1.54, 1.807) is 0 Å². The molecule has 1 N–H and O–H groups in total. The predicted octanol–water partition coefficient (Wildman–Crippen LogP) is 3.33. The van der Waals surface area contributed by atoms with E-state index in [1.165, 1.54) is 16.7 Å². The fraction of sp³-hybridized carbons (Fsp3) is 0.409. The molecule has 4 nitrogen and oxygen atoms in total. The van der Waals surface area contributed by atoms with Crippen molar-refractivity contribution >= 4 is 5.91 Å². The molecule has 0 aromatic heterocycles. The fourth-order valence-electron chi connectivity index (χ4n) is 3.43. The minimum Gasteiger partial charge on any atom is -0.484 e. The Morgan fingerprint density at radius 2 is 1.88 bits per heavy atom. The van der Waals surface area contributed by atoms with Gasteiger partial charge in [0.05, 0.1) is 0 Å². The molecule has 1 amide bonds. The molecule has 2 aromatic rings. The van der Waals surface area contributed by atoms with E-state index >= 15 is 0 Å². The quantitative estimate of drug-likeness (QED) is 0.831. The lowest BCUT2D eigenvalue weighted by molar-refractivity contribution is -0.123. The third-order valence-corrected chi connectivity index (χ3v) is 5.07. The van der Waals surface area contributed by atoms with Crippen molar-refractivity contribution < 1.29 is 9.53 Å². The van der Waals surface area contributed by atoms with Gasteiger partial charge in [-0.25, -0.2) is 0 Å². The smallest absolute Gasteiger partial charge is 0.257 e. The lowest BCUT2D eigenvalue weighted by Gasteiger charge is -2.35. The highest BCUT2D eigenvalue weighted by atomic mass is 16.5. The molecule has 26 heavy (non-hydrogen) atoms. The van der Waals surface area contributed by atoms with Crippen molar-refractivity contribution in [2.45, 2.75) is 39.3 Å².